The van der Waals surface area contributed by atoms with Gasteiger partial charge in [0.1, 0.15) is 0 Å². The number of carbonyl (C=O) groups excluding carboxylic acids is 2. The predicted octanol–water partition coefficient (Wildman–Crippen LogP) is -0.553. The molecule has 4 N–H and O–H groups in total. The highest BCUT2D eigenvalue weighted by atomic mass is 16.2. The molecule has 0 spiro atoms. The highest BCUT2D eigenvalue weighted by molar-refractivity contribution is 6.00. The zero-order chi connectivity index (χ0) is 9.42. The molecule has 2 rings (SSSR count). The van der Waals surface area contributed by atoms with Crippen LogP contribution < -0.4 is 16.4 Å². The van der Waals surface area contributed by atoms with Crippen molar-refractivity contribution < 1.29 is 9.59 Å². The minimum Gasteiger partial charge on any atom is -0.327 e. The van der Waals surface area contributed by atoms with E-state index in [1.807, 2.05) is 6.08 Å². The maximum Gasteiger partial charge on any atom is 0.325 e. The SMILES string of the molecule is NC1CC=C2NC(=O)NC(=O)C2C1. The van der Waals surface area contributed by atoms with Crippen LogP contribution >= 0.6 is 0 Å². The van der Waals surface area contributed by atoms with Gasteiger partial charge < -0.3 is 11.1 Å². The summed E-state index contributed by atoms with van der Waals surface area (Å²) in [5, 5.41) is 4.82. The van der Waals surface area contributed by atoms with Crippen molar-refractivity contribution in [3.05, 3.63) is 11.8 Å². The summed E-state index contributed by atoms with van der Waals surface area (Å²) in [6.45, 7) is 0. The van der Waals surface area contributed by atoms with Crippen molar-refractivity contribution in [1.82, 2.24) is 10.6 Å². The van der Waals surface area contributed by atoms with E-state index in [9.17, 15) is 9.59 Å². The minimum atomic E-state index is -0.442. The molecule has 3 amide bonds. The standard InChI is InChI=1S/C8H11N3O2/c9-4-1-2-6-5(3-4)7(12)11-8(13)10-6/h2,4-5H,1,3,9H2,(H2,10,11,12,13). The summed E-state index contributed by atoms with van der Waals surface area (Å²) in [5.74, 6) is -0.508. The third-order valence-electron chi connectivity index (χ3n) is 2.37. The number of hydrogen-bond acceptors (Lipinski definition) is 3. The summed E-state index contributed by atoms with van der Waals surface area (Å²) < 4.78 is 0. The number of nitrogens with two attached hydrogens (primary N) is 1. The average molecular weight is 181 g/mol. The second kappa shape index (κ2) is 2.85. The van der Waals surface area contributed by atoms with Crippen molar-refractivity contribution >= 4 is 11.9 Å². The number of fused-ring (bicyclic) bond motifs is 1. The molecular formula is C8H11N3O2. The molecule has 0 bridgehead atoms. The van der Waals surface area contributed by atoms with Gasteiger partial charge in [-0.3, -0.25) is 10.1 Å². The molecule has 2 aliphatic rings. The Labute approximate surface area is 75.4 Å². The zero-order valence-corrected chi connectivity index (χ0v) is 7.04. The van der Waals surface area contributed by atoms with E-state index in [1.165, 1.54) is 0 Å². The molecule has 0 saturated carbocycles. The van der Waals surface area contributed by atoms with E-state index in [0.717, 1.165) is 6.42 Å². The normalized spacial score (nSPS) is 32.8. The van der Waals surface area contributed by atoms with Crippen molar-refractivity contribution in [1.29, 1.82) is 0 Å². The number of hydrogen-bond donors (Lipinski definition) is 3. The monoisotopic (exact) mass is 181 g/mol. The summed E-state index contributed by atoms with van der Waals surface area (Å²) in [4.78, 5) is 22.2. The molecule has 5 nitrogen and oxygen atoms in total. The topological polar surface area (TPSA) is 84.2 Å². The highest BCUT2D eigenvalue weighted by Gasteiger charge is 2.34. The molecule has 2 unspecified atom stereocenters. The number of carbonyl (C=O) groups is 2. The van der Waals surface area contributed by atoms with Crippen LogP contribution in [-0.2, 0) is 4.79 Å². The van der Waals surface area contributed by atoms with E-state index >= 15 is 0 Å². The van der Waals surface area contributed by atoms with Crippen molar-refractivity contribution in [2.24, 2.45) is 11.7 Å². The first-order chi connectivity index (χ1) is 6.16. The van der Waals surface area contributed by atoms with E-state index in [1.54, 1.807) is 0 Å². The molecule has 0 aromatic carbocycles. The van der Waals surface area contributed by atoms with Crippen LogP contribution in [0.5, 0.6) is 0 Å². The van der Waals surface area contributed by atoms with Crippen molar-refractivity contribution in [2.75, 3.05) is 0 Å². The maximum atomic E-state index is 11.3. The van der Waals surface area contributed by atoms with Gasteiger partial charge in [-0.15, -0.1) is 0 Å². The van der Waals surface area contributed by atoms with Gasteiger partial charge in [-0.25, -0.2) is 4.79 Å². The lowest BCUT2D eigenvalue weighted by molar-refractivity contribution is -0.123. The molecule has 13 heavy (non-hydrogen) atoms. The lowest BCUT2D eigenvalue weighted by Crippen LogP contribution is -2.53. The van der Waals surface area contributed by atoms with Gasteiger partial charge in [-0.2, -0.15) is 0 Å². The maximum absolute atomic E-state index is 11.3. The smallest absolute Gasteiger partial charge is 0.325 e. The molecule has 70 valence electrons. The van der Waals surface area contributed by atoms with E-state index in [0.29, 0.717) is 12.1 Å². The molecule has 0 radical (unpaired) electrons. The number of rotatable bonds is 0. The van der Waals surface area contributed by atoms with Gasteiger partial charge in [0, 0.05) is 11.7 Å². The average Bonchev–Trinajstić information content (AvgIpc) is 2.06. The Balaban J connectivity index is 2.24. The first kappa shape index (κ1) is 8.25. The largest absolute Gasteiger partial charge is 0.327 e. The molecule has 1 aliphatic carbocycles. The fourth-order valence-corrected chi connectivity index (χ4v) is 1.69. The van der Waals surface area contributed by atoms with Crippen LogP contribution in [0, 0.1) is 5.92 Å². The molecule has 1 heterocycles. The molecule has 0 aromatic rings. The molecule has 1 fully saturated rings. The predicted molar refractivity (Wildman–Crippen MR) is 45.5 cm³/mol. The Hall–Kier alpha value is -1.36. The first-order valence-corrected chi connectivity index (χ1v) is 4.24. The molecule has 1 saturated heterocycles. The van der Waals surface area contributed by atoms with Gasteiger partial charge in [-0.05, 0) is 12.8 Å². The lowest BCUT2D eigenvalue weighted by atomic mass is 9.87. The van der Waals surface area contributed by atoms with Crippen LogP contribution in [0.15, 0.2) is 11.8 Å². The fraction of sp³-hybridized carbons (Fsp3) is 0.500. The summed E-state index contributed by atoms with van der Waals surface area (Å²) in [5.41, 5.74) is 6.41. The van der Waals surface area contributed by atoms with Gasteiger partial charge in [0.05, 0.1) is 5.92 Å². The second-order valence-electron chi connectivity index (χ2n) is 3.39. The Bertz CT molecular complexity index is 298. The summed E-state index contributed by atoms with van der Waals surface area (Å²) >= 11 is 0. The second-order valence-corrected chi connectivity index (χ2v) is 3.39. The Morgan fingerprint density at radius 2 is 2.15 bits per heavy atom. The van der Waals surface area contributed by atoms with E-state index in [-0.39, 0.29) is 17.9 Å². The van der Waals surface area contributed by atoms with Crippen molar-refractivity contribution in [3.8, 4) is 0 Å². The molecule has 1 aliphatic heterocycles. The Morgan fingerprint density at radius 1 is 1.38 bits per heavy atom. The van der Waals surface area contributed by atoms with Crippen LogP contribution in [0.25, 0.3) is 0 Å². The van der Waals surface area contributed by atoms with Crippen LogP contribution in [0.2, 0.25) is 0 Å². The summed E-state index contributed by atoms with van der Waals surface area (Å²) in [6, 6.07) is -0.419. The molecule has 0 aromatic heterocycles. The van der Waals surface area contributed by atoms with E-state index in [2.05, 4.69) is 10.6 Å². The third-order valence-corrected chi connectivity index (χ3v) is 2.37. The van der Waals surface area contributed by atoms with Crippen molar-refractivity contribution in [3.63, 3.8) is 0 Å². The lowest BCUT2D eigenvalue weighted by Gasteiger charge is -2.30. The zero-order valence-electron chi connectivity index (χ0n) is 7.04. The molecule has 5 heteroatoms. The van der Waals surface area contributed by atoms with Gasteiger partial charge in [-0.1, -0.05) is 6.08 Å². The van der Waals surface area contributed by atoms with Crippen LogP contribution in [-0.4, -0.2) is 18.0 Å². The summed E-state index contributed by atoms with van der Waals surface area (Å²) in [6.07, 6.45) is 3.16. The van der Waals surface area contributed by atoms with Gasteiger partial charge in [0.25, 0.3) is 0 Å². The molecular weight excluding hydrogens is 170 g/mol. The van der Waals surface area contributed by atoms with E-state index < -0.39 is 6.03 Å². The fourth-order valence-electron chi connectivity index (χ4n) is 1.69. The number of nitrogens with one attached hydrogen (secondary N) is 2. The van der Waals surface area contributed by atoms with Crippen molar-refractivity contribution in [2.45, 2.75) is 18.9 Å². The Morgan fingerprint density at radius 3 is 2.92 bits per heavy atom. The number of amides is 3. The third kappa shape index (κ3) is 1.42. The van der Waals surface area contributed by atoms with E-state index in [4.69, 9.17) is 5.73 Å². The molecule has 2 atom stereocenters. The van der Waals surface area contributed by atoms with Gasteiger partial charge in [0.2, 0.25) is 5.91 Å². The van der Waals surface area contributed by atoms with Gasteiger partial charge >= 0.3 is 6.03 Å². The van der Waals surface area contributed by atoms with Crippen LogP contribution in [0.4, 0.5) is 4.79 Å². The van der Waals surface area contributed by atoms with Crippen LogP contribution in [0.3, 0.4) is 0 Å². The number of urea groups is 1. The highest BCUT2D eigenvalue weighted by Crippen LogP contribution is 2.24. The Kier molecular flexibility index (Phi) is 1.81. The summed E-state index contributed by atoms with van der Waals surface area (Å²) in [7, 11) is 0. The first-order valence-electron chi connectivity index (χ1n) is 4.24. The van der Waals surface area contributed by atoms with Gasteiger partial charge in [0.15, 0.2) is 0 Å². The quantitative estimate of drug-likeness (QED) is 0.468. The number of imide groups is 1. The van der Waals surface area contributed by atoms with Crippen LogP contribution in [0.1, 0.15) is 12.8 Å². The minimum absolute atomic E-state index is 0.0227.